The Labute approximate surface area is 129 Å². The van der Waals surface area contributed by atoms with E-state index in [0.717, 1.165) is 19.3 Å². The average Bonchev–Trinajstić information content (AvgIpc) is 2.95. The zero-order valence-electron chi connectivity index (χ0n) is 12.8. The maximum Gasteiger partial charge on any atom is 0.254 e. The molecular weight excluding hydrogens is 285 g/mol. The van der Waals surface area contributed by atoms with Crippen LogP contribution >= 0.6 is 0 Å². The highest BCUT2D eigenvalue weighted by Crippen LogP contribution is 2.32. The van der Waals surface area contributed by atoms with Gasteiger partial charge in [-0.2, -0.15) is 0 Å². The highest BCUT2D eigenvalue weighted by atomic mass is 19.1. The van der Waals surface area contributed by atoms with E-state index in [9.17, 15) is 14.3 Å². The van der Waals surface area contributed by atoms with Gasteiger partial charge in [0, 0.05) is 18.0 Å². The van der Waals surface area contributed by atoms with Crippen molar-refractivity contribution in [1.82, 2.24) is 4.90 Å². The van der Waals surface area contributed by atoms with Crippen molar-refractivity contribution in [3.05, 3.63) is 35.1 Å². The highest BCUT2D eigenvalue weighted by molar-refractivity contribution is 5.94. The minimum Gasteiger partial charge on any atom is -0.393 e. The predicted octanol–water partition coefficient (Wildman–Crippen LogP) is 2.14. The van der Waals surface area contributed by atoms with Crippen LogP contribution in [0.25, 0.3) is 0 Å². The number of carbonyl (C=O) groups is 1. The number of carbonyl (C=O) groups excluding carboxylic acids is 1. The molecule has 1 aromatic rings. The van der Waals surface area contributed by atoms with Gasteiger partial charge in [0.2, 0.25) is 0 Å². The number of aliphatic hydroxyl groups excluding tert-OH is 1. The number of hydrogen-bond donors (Lipinski definition) is 1. The van der Waals surface area contributed by atoms with Crippen molar-refractivity contribution in [3.8, 4) is 0 Å². The molecule has 0 radical (unpaired) electrons. The molecule has 3 rings (SSSR count). The molecule has 1 aromatic carbocycles. The van der Waals surface area contributed by atoms with Gasteiger partial charge in [0.25, 0.3) is 5.91 Å². The SMILES string of the molecule is Cc1cc(C(=O)N2CCOCC2C2CCCC2O)ccc1F. The van der Waals surface area contributed by atoms with Gasteiger partial charge >= 0.3 is 0 Å². The number of aliphatic hydroxyl groups is 1. The van der Waals surface area contributed by atoms with Gasteiger partial charge in [-0.05, 0) is 43.5 Å². The second-order valence-electron chi connectivity index (χ2n) is 6.27. The molecule has 1 saturated carbocycles. The number of rotatable bonds is 2. The zero-order valence-corrected chi connectivity index (χ0v) is 12.8. The normalized spacial score (nSPS) is 28.9. The molecule has 0 bridgehead atoms. The van der Waals surface area contributed by atoms with Crippen molar-refractivity contribution in [2.24, 2.45) is 5.92 Å². The smallest absolute Gasteiger partial charge is 0.254 e. The fourth-order valence-corrected chi connectivity index (χ4v) is 3.59. The van der Waals surface area contributed by atoms with Crippen LogP contribution in [-0.4, -0.2) is 47.8 Å². The van der Waals surface area contributed by atoms with E-state index in [2.05, 4.69) is 0 Å². The third-order valence-electron chi connectivity index (χ3n) is 4.86. The number of halogens is 1. The van der Waals surface area contributed by atoms with Crippen molar-refractivity contribution >= 4 is 5.91 Å². The first-order chi connectivity index (χ1) is 10.6. The Morgan fingerprint density at radius 2 is 2.23 bits per heavy atom. The fourth-order valence-electron chi connectivity index (χ4n) is 3.59. The molecule has 4 nitrogen and oxygen atoms in total. The largest absolute Gasteiger partial charge is 0.393 e. The lowest BCUT2D eigenvalue weighted by molar-refractivity contribution is -0.0383. The van der Waals surface area contributed by atoms with Crippen molar-refractivity contribution in [2.75, 3.05) is 19.8 Å². The number of nitrogens with zero attached hydrogens (tertiary/aromatic N) is 1. The van der Waals surface area contributed by atoms with Crippen molar-refractivity contribution in [2.45, 2.75) is 38.3 Å². The molecule has 5 heteroatoms. The lowest BCUT2D eigenvalue weighted by atomic mass is 9.93. The van der Waals surface area contributed by atoms with E-state index in [1.54, 1.807) is 17.9 Å². The number of morpholine rings is 1. The topological polar surface area (TPSA) is 49.8 Å². The van der Waals surface area contributed by atoms with E-state index in [-0.39, 0.29) is 29.8 Å². The molecule has 1 amide bonds. The first kappa shape index (κ1) is 15.4. The van der Waals surface area contributed by atoms with Crippen LogP contribution in [0, 0.1) is 18.7 Å². The predicted molar refractivity (Wildman–Crippen MR) is 80.1 cm³/mol. The standard InChI is InChI=1S/C17H22FNO3/c1-11-9-12(5-6-14(11)18)17(21)19-7-8-22-10-15(19)13-3-2-4-16(13)20/h5-6,9,13,15-16,20H,2-4,7-8,10H2,1H3. The van der Waals surface area contributed by atoms with Crippen LogP contribution < -0.4 is 0 Å². The van der Waals surface area contributed by atoms with Crippen molar-refractivity contribution in [1.29, 1.82) is 0 Å². The monoisotopic (exact) mass is 307 g/mol. The van der Waals surface area contributed by atoms with Gasteiger partial charge in [0.15, 0.2) is 0 Å². The van der Waals surface area contributed by atoms with Crippen LogP contribution in [0.3, 0.4) is 0 Å². The molecule has 22 heavy (non-hydrogen) atoms. The van der Waals surface area contributed by atoms with Crippen LogP contribution in [0.1, 0.15) is 35.2 Å². The molecule has 3 atom stereocenters. The summed E-state index contributed by atoms with van der Waals surface area (Å²) in [4.78, 5) is 14.6. The molecule has 1 aliphatic heterocycles. The Morgan fingerprint density at radius 3 is 2.91 bits per heavy atom. The van der Waals surface area contributed by atoms with E-state index >= 15 is 0 Å². The van der Waals surface area contributed by atoms with Crippen molar-refractivity contribution < 1.29 is 19.0 Å². The molecule has 0 aromatic heterocycles. The summed E-state index contributed by atoms with van der Waals surface area (Å²) in [5.41, 5.74) is 0.967. The lowest BCUT2D eigenvalue weighted by Crippen LogP contribution is -2.53. The fraction of sp³-hybridized carbons (Fsp3) is 0.588. The zero-order chi connectivity index (χ0) is 15.7. The Morgan fingerprint density at radius 1 is 1.41 bits per heavy atom. The van der Waals surface area contributed by atoms with E-state index < -0.39 is 0 Å². The molecular formula is C17H22FNO3. The molecule has 1 aliphatic carbocycles. The van der Waals surface area contributed by atoms with E-state index in [4.69, 9.17) is 4.74 Å². The summed E-state index contributed by atoms with van der Waals surface area (Å²) in [6.07, 6.45) is 2.33. The highest BCUT2D eigenvalue weighted by Gasteiger charge is 2.39. The van der Waals surface area contributed by atoms with Crippen LogP contribution in [0.5, 0.6) is 0 Å². The molecule has 1 heterocycles. The molecule has 120 valence electrons. The van der Waals surface area contributed by atoms with Crippen LogP contribution in [0.2, 0.25) is 0 Å². The molecule has 2 aliphatic rings. The summed E-state index contributed by atoms with van der Waals surface area (Å²) < 4.78 is 18.9. The van der Waals surface area contributed by atoms with Crippen molar-refractivity contribution in [3.63, 3.8) is 0 Å². The second kappa shape index (κ2) is 6.34. The number of aryl methyl sites for hydroxylation is 1. The first-order valence-electron chi connectivity index (χ1n) is 7.91. The number of hydrogen-bond acceptors (Lipinski definition) is 3. The Hall–Kier alpha value is -1.46. The van der Waals surface area contributed by atoms with Gasteiger partial charge in [-0.1, -0.05) is 6.42 Å². The summed E-state index contributed by atoms with van der Waals surface area (Å²) in [5.74, 6) is -0.331. The number of amides is 1. The summed E-state index contributed by atoms with van der Waals surface area (Å²) in [6, 6.07) is 4.36. The summed E-state index contributed by atoms with van der Waals surface area (Å²) in [7, 11) is 0. The minimum absolute atomic E-state index is 0.0748. The third kappa shape index (κ3) is 2.88. The van der Waals surface area contributed by atoms with E-state index in [1.807, 2.05) is 0 Å². The lowest BCUT2D eigenvalue weighted by Gasteiger charge is -2.40. The molecule has 3 unspecified atom stereocenters. The van der Waals surface area contributed by atoms with Gasteiger partial charge in [0.1, 0.15) is 5.82 Å². The average molecular weight is 307 g/mol. The third-order valence-corrected chi connectivity index (χ3v) is 4.86. The second-order valence-corrected chi connectivity index (χ2v) is 6.27. The summed E-state index contributed by atoms with van der Waals surface area (Å²) >= 11 is 0. The van der Waals surface area contributed by atoms with Gasteiger partial charge in [-0.3, -0.25) is 4.79 Å². The molecule has 1 saturated heterocycles. The van der Waals surface area contributed by atoms with E-state index in [0.29, 0.717) is 30.9 Å². The molecule has 2 fully saturated rings. The summed E-state index contributed by atoms with van der Waals surface area (Å²) in [6.45, 7) is 3.14. The Balaban J connectivity index is 1.83. The Bertz CT molecular complexity index is 563. The van der Waals surface area contributed by atoms with Gasteiger partial charge in [-0.25, -0.2) is 4.39 Å². The Kier molecular flexibility index (Phi) is 4.45. The maximum absolute atomic E-state index is 13.4. The number of ether oxygens (including phenoxy) is 1. The molecule has 1 N–H and O–H groups in total. The first-order valence-corrected chi connectivity index (χ1v) is 7.91. The minimum atomic E-state index is -0.364. The van der Waals surface area contributed by atoms with Crippen LogP contribution in [0.15, 0.2) is 18.2 Å². The molecule has 0 spiro atoms. The summed E-state index contributed by atoms with van der Waals surface area (Å²) in [5, 5.41) is 10.1. The van der Waals surface area contributed by atoms with Crippen LogP contribution in [0.4, 0.5) is 4.39 Å². The maximum atomic E-state index is 13.4. The quantitative estimate of drug-likeness (QED) is 0.910. The number of benzene rings is 1. The van der Waals surface area contributed by atoms with E-state index in [1.165, 1.54) is 12.1 Å². The van der Waals surface area contributed by atoms with Gasteiger partial charge in [-0.15, -0.1) is 0 Å². The van der Waals surface area contributed by atoms with Gasteiger partial charge in [0.05, 0.1) is 25.4 Å². The van der Waals surface area contributed by atoms with Gasteiger partial charge < -0.3 is 14.7 Å². The van der Waals surface area contributed by atoms with Crippen LogP contribution in [-0.2, 0) is 4.74 Å².